The lowest BCUT2D eigenvalue weighted by Crippen LogP contribution is -2.30. The first-order valence-electron chi connectivity index (χ1n) is 11.8. The van der Waals surface area contributed by atoms with Gasteiger partial charge in [0.25, 0.3) is 0 Å². The first-order chi connectivity index (χ1) is 17.3. The topological polar surface area (TPSA) is 88.9 Å². The number of halogens is 2. The zero-order valence-corrected chi connectivity index (χ0v) is 21.0. The van der Waals surface area contributed by atoms with Gasteiger partial charge in [0.05, 0.1) is 24.9 Å². The normalized spacial score (nSPS) is 14.8. The molecule has 0 radical (unpaired) electrons. The quantitative estimate of drug-likeness (QED) is 0.336. The summed E-state index contributed by atoms with van der Waals surface area (Å²) in [6.07, 6.45) is 2.41. The molecule has 2 N–H and O–H groups in total. The van der Waals surface area contributed by atoms with Gasteiger partial charge in [-0.2, -0.15) is 0 Å². The van der Waals surface area contributed by atoms with Gasteiger partial charge in [0, 0.05) is 24.2 Å². The average Bonchev–Trinajstić information content (AvgIpc) is 3.75. The van der Waals surface area contributed by atoms with Gasteiger partial charge in [0.1, 0.15) is 28.6 Å². The minimum atomic E-state index is -1.30. The van der Waals surface area contributed by atoms with E-state index in [1.54, 1.807) is 36.4 Å². The number of aliphatic hydroxyl groups is 2. The van der Waals surface area contributed by atoms with E-state index in [-0.39, 0.29) is 36.2 Å². The molecule has 1 fully saturated rings. The molecule has 1 saturated carbocycles. The summed E-state index contributed by atoms with van der Waals surface area (Å²) in [4.78, 5) is 17.8. The van der Waals surface area contributed by atoms with Gasteiger partial charge in [-0.05, 0) is 73.6 Å². The molecule has 0 saturated heterocycles. The Morgan fingerprint density at radius 2 is 1.86 bits per heavy atom. The van der Waals surface area contributed by atoms with Crippen molar-refractivity contribution < 1.29 is 28.9 Å². The standard InChI is InChI=1S/C28H29ClFNO5/c1-35-24-9-10-26(31-27(24)19-5-8-22(30)21(29)15-19)28(34,20-6-7-20)13-11-23(33)18-4-3-17(12-14-32)25(16-18)36-2/h3-5,8-10,15-16,20,32,34H,6-7,11-14H2,1-2H3. The van der Waals surface area contributed by atoms with Crippen LogP contribution in [0, 0.1) is 11.7 Å². The van der Waals surface area contributed by atoms with Gasteiger partial charge in [-0.25, -0.2) is 9.37 Å². The van der Waals surface area contributed by atoms with E-state index in [0.29, 0.717) is 40.4 Å². The number of aromatic nitrogens is 1. The summed E-state index contributed by atoms with van der Waals surface area (Å²) >= 11 is 5.99. The molecule has 3 aromatic rings. The predicted molar refractivity (Wildman–Crippen MR) is 135 cm³/mol. The molecule has 0 amide bonds. The molecular weight excluding hydrogens is 485 g/mol. The SMILES string of the molecule is COc1cc(C(=O)CCC(O)(c2ccc(OC)c(-c3ccc(F)c(Cl)c3)n2)C2CC2)ccc1CCO. The zero-order valence-electron chi connectivity index (χ0n) is 20.3. The fourth-order valence-corrected chi connectivity index (χ4v) is 4.68. The number of hydrogen-bond donors (Lipinski definition) is 2. The molecule has 1 unspecified atom stereocenters. The molecule has 1 heterocycles. The van der Waals surface area contributed by atoms with Crippen molar-refractivity contribution in [1.29, 1.82) is 0 Å². The molecule has 8 heteroatoms. The first-order valence-corrected chi connectivity index (χ1v) is 12.2. The van der Waals surface area contributed by atoms with Crippen molar-refractivity contribution in [3.63, 3.8) is 0 Å². The average molecular weight is 514 g/mol. The maximum absolute atomic E-state index is 13.7. The van der Waals surface area contributed by atoms with Crippen LogP contribution in [0.1, 0.15) is 47.3 Å². The highest BCUT2D eigenvalue weighted by Crippen LogP contribution is 2.49. The summed E-state index contributed by atoms with van der Waals surface area (Å²) in [5.41, 5.74) is 1.43. The second-order valence-corrected chi connectivity index (χ2v) is 9.41. The Balaban J connectivity index is 1.61. The van der Waals surface area contributed by atoms with Crippen LogP contribution in [0.5, 0.6) is 11.5 Å². The third kappa shape index (κ3) is 5.38. The van der Waals surface area contributed by atoms with Gasteiger partial charge < -0.3 is 19.7 Å². The van der Waals surface area contributed by atoms with Crippen molar-refractivity contribution in [3.8, 4) is 22.8 Å². The highest BCUT2D eigenvalue weighted by molar-refractivity contribution is 6.31. The highest BCUT2D eigenvalue weighted by atomic mass is 35.5. The zero-order chi connectivity index (χ0) is 25.9. The van der Waals surface area contributed by atoms with Crippen LogP contribution in [0.2, 0.25) is 5.02 Å². The highest BCUT2D eigenvalue weighted by Gasteiger charge is 2.46. The van der Waals surface area contributed by atoms with E-state index < -0.39 is 11.4 Å². The van der Waals surface area contributed by atoms with E-state index in [1.165, 1.54) is 26.4 Å². The number of ether oxygens (including phenoxy) is 2. The smallest absolute Gasteiger partial charge is 0.163 e. The second kappa shape index (κ2) is 10.9. The number of Topliss-reactive ketones (excluding diaryl/α,β-unsaturated/α-hetero) is 1. The third-order valence-corrected chi connectivity index (χ3v) is 6.98. The number of ketones is 1. The Kier molecular flexibility index (Phi) is 7.93. The molecule has 1 atom stereocenters. The maximum atomic E-state index is 13.7. The number of aliphatic hydroxyl groups excluding tert-OH is 1. The van der Waals surface area contributed by atoms with Crippen molar-refractivity contribution in [2.24, 2.45) is 5.92 Å². The maximum Gasteiger partial charge on any atom is 0.163 e. The molecule has 190 valence electrons. The van der Waals surface area contributed by atoms with Gasteiger partial charge >= 0.3 is 0 Å². The van der Waals surface area contributed by atoms with E-state index >= 15 is 0 Å². The molecule has 0 bridgehead atoms. The van der Waals surface area contributed by atoms with Crippen LogP contribution < -0.4 is 9.47 Å². The molecule has 0 spiro atoms. The number of methoxy groups -OCH3 is 2. The predicted octanol–water partition coefficient (Wildman–Crippen LogP) is 5.35. The number of rotatable bonds is 11. The summed E-state index contributed by atoms with van der Waals surface area (Å²) in [5.74, 6) is 0.335. The van der Waals surface area contributed by atoms with Gasteiger partial charge in [0.15, 0.2) is 5.78 Å². The Morgan fingerprint density at radius 3 is 2.50 bits per heavy atom. The number of benzene rings is 2. The van der Waals surface area contributed by atoms with E-state index in [1.807, 2.05) is 0 Å². The van der Waals surface area contributed by atoms with Gasteiger partial charge in [-0.3, -0.25) is 4.79 Å². The summed E-state index contributed by atoms with van der Waals surface area (Å²) in [5, 5.41) is 21.0. The van der Waals surface area contributed by atoms with E-state index in [9.17, 15) is 19.4 Å². The van der Waals surface area contributed by atoms with E-state index in [2.05, 4.69) is 0 Å². The van der Waals surface area contributed by atoms with Crippen LogP contribution in [0.3, 0.4) is 0 Å². The number of pyridine rings is 1. The second-order valence-electron chi connectivity index (χ2n) is 9.00. The fraction of sp³-hybridized carbons (Fsp3) is 0.357. The van der Waals surface area contributed by atoms with Crippen LogP contribution in [0.15, 0.2) is 48.5 Å². The fourth-order valence-electron chi connectivity index (χ4n) is 4.50. The number of nitrogens with zero attached hydrogens (tertiary/aromatic N) is 1. The van der Waals surface area contributed by atoms with Crippen molar-refractivity contribution in [2.75, 3.05) is 20.8 Å². The van der Waals surface area contributed by atoms with Crippen LogP contribution in [-0.4, -0.2) is 41.8 Å². The molecule has 36 heavy (non-hydrogen) atoms. The van der Waals surface area contributed by atoms with Crippen LogP contribution in [0.4, 0.5) is 4.39 Å². The summed E-state index contributed by atoms with van der Waals surface area (Å²) < 4.78 is 24.6. The molecule has 1 aromatic heterocycles. The van der Waals surface area contributed by atoms with Gasteiger partial charge in [-0.15, -0.1) is 0 Å². The monoisotopic (exact) mass is 513 g/mol. The van der Waals surface area contributed by atoms with Crippen molar-refractivity contribution in [3.05, 3.63) is 76.2 Å². The minimum absolute atomic E-state index is 0.0148. The van der Waals surface area contributed by atoms with Crippen molar-refractivity contribution in [1.82, 2.24) is 4.98 Å². The first kappa shape index (κ1) is 26.1. The Labute approximate surface area is 214 Å². The molecule has 0 aliphatic heterocycles. The Morgan fingerprint density at radius 1 is 1.11 bits per heavy atom. The van der Waals surface area contributed by atoms with E-state index in [4.69, 9.17) is 26.1 Å². The molecule has 1 aliphatic rings. The summed E-state index contributed by atoms with van der Waals surface area (Å²) in [6, 6.07) is 12.9. The molecule has 1 aliphatic carbocycles. The molecule has 2 aromatic carbocycles. The van der Waals surface area contributed by atoms with E-state index in [0.717, 1.165) is 18.4 Å². The summed E-state index contributed by atoms with van der Waals surface area (Å²) in [7, 11) is 3.04. The Hall–Kier alpha value is -3.00. The Bertz CT molecular complexity index is 1260. The largest absolute Gasteiger partial charge is 0.496 e. The lowest BCUT2D eigenvalue weighted by Gasteiger charge is -2.28. The van der Waals surface area contributed by atoms with Gasteiger partial charge in [0.2, 0.25) is 0 Å². The van der Waals surface area contributed by atoms with Crippen LogP contribution in [-0.2, 0) is 12.0 Å². The number of carbonyl (C=O) groups excluding carboxylic acids is 1. The number of carbonyl (C=O) groups is 1. The number of hydrogen-bond acceptors (Lipinski definition) is 6. The van der Waals surface area contributed by atoms with Gasteiger partial charge in [-0.1, -0.05) is 23.7 Å². The van der Waals surface area contributed by atoms with Crippen molar-refractivity contribution in [2.45, 2.75) is 37.7 Å². The molecular formula is C28H29ClFNO5. The van der Waals surface area contributed by atoms with Crippen LogP contribution >= 0.6 is 11.6 Å². The third-order valence-electron chi connectivity index (χ3n) is 6.69. The molecule has 4 rings (SSSR count). The molecule has 6 nitrogen and oxygen atoms in total. The lowest BCUT2D eigenvalue weighted by molar-refractivity contribution is -0.00110. The van der Waals surface area contributed by atoms with Crippen LogP contribution in [0.25, 0.3) is 11.3 Å². The lowest BCUT2D eigenvalue weighted by atomic mass is 9.86. The minimum Gasteiger partial charge on any atom is -0.496 e. The van der Waals surface area contributed by atoms with Crippen molar-refractivity contribution >= 4 is 17.4 Å². The summed E-state index contributed by atoms with van der Waals surface area (Å²) in [6.45, 7) is -0.0148.